The average Bonchev–Trinajstić information content (AvgIpc) is 2.54. The van der Waals surface area contributed by atoms with E-state index in [0.717, 1.165) is 27.9 Å². The molecule has 0 bridgehead atoms. The summed E-state index contributed by atoms with van der Waals surface area (Å²) < 4.78 is 38.7. The number of carbonyl (C=O) groups is 1. The monoisotopic (exact) mass is 377 g/mol. The number of anilines is 1. The van der Waals surface area contributed by atoms with Crippen molar-refractivity contribution in [3.63, 3.8) is 0 Å². The number of hydrogen-bond donors (Lipinski definition) is 1. The smallest absolute Gasteiger partial charge is 0.260 e. The molecular weight excluding hydrogens is 357 g/mol. The van der Waals surface area contributed by atoms with Crippen molar-refractivity contribution >= 4 is 27.8 Å². The van der Waals surface area contributed by atoms with Gasteiger partial charge >= 0.3 is 0 Å². The predicted octanol–water partition coefficient (Wildman–Crippen LogP) is 2.36. The van der Waals surface area contributed by atoms with Crippen LogP contribution >= 0.6 is 0 Å². The van der Waals surface area contributed by atoms with Gasteiger partial charge in [0.05, 0.1) is 18.2 Å². The van der Waals surface area contributed by atoms with Crippen LogP contribution in [0.4, 0.5) is 10.1 Å². The molecule has 26 heavy (non-hydrogen) atoms. The predicted molar refractivity (Wildman–Crippen MR) is 100 cm³/mol. The molecule has 0 heterocycles. The second-order valence-corrected chi connectivity index (χ2v) is 7.78. The van der Waals surface area contributed by atoms with Crippen molar-refractivity contribution in [1.29, 1.82) is 0 Å². The Balaban J connectivity index is 2.14. The Morgan fingerprint density at radius 3 is 2.54 bits per heavy atom. The molecule has 0 radical (unpaired) electrons. The fourth-order valence-corrected chi connectivity index (χ4v) is 3.30. The topological polar surface area (TPSA) is 78.8 Å². The Hall–Kier alpha value is -2.74. The summed E-state index contributed by atoms with van der Waals surface area (Å²) in [5, 5.41) is 3.68. The lowest BCUT2D eigenvalue weighted by Gasteiger charge is -2.23. The minimum absolute atomic E-state index is 0.210. The molecule has 2 rings (SSSR count). The largest absolute Gasteiger partial charge is 0.271 e. The molecule has 0 fully saturated rings. The van der Waals surface area contributed by atoms with Crippen molar-refractivity contribution in [1.82, 2.24) is 5.43 Å². The van der Waals surface area contributed by atoms with Gasteiger partial charge in [-0.25, -0.2) is 18.2 Å². The molecule has 0 atom stereocenters. The van der Waals surface area contributed by atoms with Crippen LogP contribution in [0.1, 0.15) is 16.7 Å². The van der Waals surface area contributed by atoms with Crippen molar-refractivity contribution in [3.8, 4) is 0 Å². The second-order valence-electron chi connectivity index (χ2n) is 5.87. The first-order chi connectivity index (χ1) is 12.2. The van der Waals surface area contributed by atoms with Gasteiger partial charge in [0.25, 0.3) is 5.91 Å². The van der Waals surface area contributed by atoms with Gasteiger partial charge in [0.15, 0.2) is 0 Å². The Labute approximate surface area is 152 Å². The number of carbonyl (C=O) groups excluding carboxylic acids is 1. The van der Waals surface area contributed by atoms with E-state index in [-0.39, 0.29) is 5.56 Å². The number of hydrazone groups is 1. The molecule has 0 aliphatic carbocycles. The molecule has 0 saturated heterocycles. The van der Waals surface area contributed by atoms with Crippen molar-refractivity contribution in [2.45, 2.75) is 13.8 Å². The van der Waals surface area contributed by atoms with E-state index in [1.54, 1.807) is 31.2 Å². The molecule has 138 valence electrons. The number of nitrogens with one attached hydrogen (secondary N) is 1. The molecule has 1 N–H and O–H groups in total. The number of benzene rings is 2. The zero-order valence-corrected chi connectivity index (χ0v) is 15.5. The lowest BCUT2D eigenvalue weighted by Crippen LogP contribution is -2.39. The average molecular weight is 377 g/mol. The maximum atomic E-state index is 13.5. The molecule has 2 aromatic rings. The zero-order chi connectivity index (χ0) is 19.3. The van der Waals surface area contributed by atoms with Gasteiger partial charge in [0, 0.05) is 5.56 Å². The molecule has 0 aromatic heterocycles. The standard InChI is InChI=1S/C18H20FN3O3S/c1-13-8-9-17(14(2)10-13)22(26(3,24)25)12-18(23)21-20-11-15-6-4-5-7-16(15)19/h4-11H,12H2,1-3H3,(H,21,23)/b20-11-. The Kier molecular flexibility index (Phi) is 6.10. The third kappa shape index (κ3) is 5.13. The summed E-state index contributed by atoms with van der Waals surface area (Å²) in [6.07, 6.45) is 2.19. The van der Waals surface area contributed by atoms with Gasteiger partial charge in [-0.3, -0.25) is 9.10 Å². The van der Waals surface area contributed by atoms with Crippen LogP contribution in [-0.4, -0.2) is 33.3 Å². The first-order valence-corrected chi connectivity index (χ1v) is 9.64. The van der Waals surface area contributed by atoms with Gasteiger partial charge in [-0.05, 0) is 31.5 Å². The molecule has 0 saturated carbocycles. The van der Waals surface area contributed by atoms with Crippen molar-refractivity contribution < 1.29 is 17.6 Å². The third-order valence-corrected chi connectivity index (χ3v) is 4.73. The molecule has 1 amide bonds. The fourth-order valence-electron chi connectivity index (χ4n) is 2.39. The molecule has 2 aromatic carbocycles. The van der Waals surface area contributed by atoms with Gasteiger partial charge in [-0.2, -0.15) is 5.10 Å². The molecule has 6 nitrogen and oxygen atoms in total. The summed E-state index contributed by atoms with van der Waals surface area (Å²) in [4.78, 5) is 12.1. The normalized spacial score (nSPS) is 11.5. The Morgan fingerprint density at radius 1 is 1.23 bits per heavy atom. The SMILES string of the molecule is Cc1ccc(N(CC(=O)N/N=C\c2ccccc2F)S(C)(=O)=O)c(C)c1. The van der Waals surface area contributed by atoms with Crippen LogP contribution in [0.2, 0.25) is 0 Å². The molecule has 0 aliphatic heterocycles. The minimum Gasteiger partial charge on any atom is -0.271 e. The van der Waals surface area contributed by atoms with E-state index < -0.39 is 28.3 Å². The highest BCUT2D eigenvalue weighted by Gasteiger charge is 2.22. The lowest BCUT2D eigenvalue weighted by molar-refractivity contribution is -0.119. The van der Waals surface area contributed by atoms with Crippen molar-refractivity contribution in [2.24, 2.45) is 5.10 Å². The number of aryl methyl sites for hydroxylation is 2. The van der Waals surface area contributed by atoms with Crippen LogP contribution in [0, 0.1) is 19.7 Å². The number of rotatable bonds is 6. The van der Waals surface area contributed by atoms with Crippen LogP contribution in [0.5, 0.6) is 0 Å². The first kappa shape index (κ1) is 19.6. The Bertz CT molecular complexity index is 942. The molecule has 0 unspecified atom stereocenters. The van der Waals surface area contributed by atoms with E-state index in [9.17, 15) is 17.6 Å². The number of hydrogen-bond acceptors (Lipinski definition) is 4. The highest BCUT2D eigenvalue weighted by atomic mass is 32.2. The fraction of sp³-hybridized carbons (Fsp3) is 0.222. The van der Waals surface area contributed by atoms with Gasteiger partial charge in [0.2, 0.25) is 10.0 Å². The number of halogens is 1. The van der Waals surface area contributed by atoms with Crippen LogP contribution in [0.25, 0.3) is 0 Å². The van der Waals surface area contributed by atoms with E-state index in [1.807, 2.05) is 13.0 Å². The summed E-state index contributed by atoms with van der Waals surface area (Å²) in [7, 11) is -3.67. The van der Waals surface area contributed by atoms with Gasteiger partial charge < -0.3 is 0 Å². The maximum absolute atomic E-state index is 13.5. The molecular formula is C18H20FN3O3S. The maximum Gasteiger partial charge on any atom is 0.260 e. The van der Waals surface area contributed by atoms with Crippen molar-refractivity contribution in [2.75, 3.05) is 17.1 Å². The first-order valence-electron chi connectivity index (χ1n) is 7.80. The van der Waals surface area contributed by atoms with Gasteiger partial charge in [-0.15, -0.1) is 0 Å². The van der Waals surface area contributed by atoms with Gasteiger partial charge in [-0.1, -0.05) is 35.9 Å². The molecule has 0 spiro atoms. The number of sulfonamides is 1. The van der Waals surface area contributed by atoms with E-state index in [1.165, 1.54) is 12.1 Å². The quantitative estimate of drug-likeness (QED) is 0.620. The van der Waals surface area contributed by atoms with Crippen molar-refractivity contribution in [3.05, 3.63) is 65.0 Å². The van der Waals surface area contributed by atoms with Crippen LogP contribution < -0.4 is 9.73 Å². The van der Waals surface area contributed by atoms with Crippen LogP contribution in [0.15, 0.2) is 47.6 Å². The number of nitrogens with zero attached hydrogens (tertiary/aromatic N) is 2. The van der Waals surface area contributed by atoms with Crippen LogP contribution in [0.3, 0.4) is 0 Å². The summed E-state index contributed by atoms with van der Waals surface area (Å²) in [6.45, 7) is 3.23. The molecule has 0 aliphatic rings. The highest BCUT2D eigenvalue weighted by Crippen LogP contribution is 2.23. The summed E-state index contributed by atoms with van der Waals surface area (Å²) in [6, 6.07) is 11.2. The van der Waals surface area contributed by atoms with Crippen LogP contribution in [-0.2, 0) is 14.8 Å². The summed E-state index contributed by atoms with van der Waals surface area (Å²) in [5.74, 6) is -1.11. The number of amides is 1. The van der Waals surface area contributed by atoms with Gasteiger partial charge in [0.1, 0.15) is 12.4 Å². The Morgan fingerprint density at radius 2 is 1.92 bits per heavy atom. The van der Waals surface area contributed by atoms with E-state index >= 15 is 0 Å². The van der Waals surface area contributed by atoms with E-state index in [2.05, 4.69) is 10.5 Å². The van der Waals surface area contributed by atoms with E-state index in [0.29, 0.717) is 5.69 Å². The van der Waals surface area contributed by atoms with E-state index in [4.69, 9.17) is 0 Å². The lowest BCUT2D eigenvalue weighted by atomic mass is 10.1. The minimum atomic E-state index is -3.67. The summed E-state index contributed by atoms with van der Waals surface area (Å²) >= 11 is 0. The molecule has 8 heteroatoms. The zero-order valence-electron chi connectivity index (χ0n) is 14.7. The third-order valence-electron chi connectivity index (χ3n) is 3.61. The summed E-state index contributed by atoms with van der Waals surface area (Å²) in [5.41, 5.74) is 4.57. The highest BCUT2D eigenvalue weighted by molar-refractivity contribution is 7.92. The second kappa shape index (κ2) is 8.09.